The first-order valence-electron chi connectivity index (χ1n) is 7.09. The minimum absolute atomic E-state index is 0.416. The second-order valence-corrected chi connectivity index (χ2v) is 5.67. The van der Waals surface area contributed by atoms with Crippen molar-refractivity contribution in [3.8, 4) is 0 Å². The Balaban J connectivity index is 1.89. The Hall–Kier alpha value is -0.860. The van der Waals surface area contributed by atoms with E-state index in [4.69, 9.17) is 4.74 Å². The van der Waals surface area contributed by atoms with Gasteiger partial charge >= 0.3 is 0 Å². The molecule has 1 N–H and O–H groups in total. The first-order chi connectivity index (χ1) is 8.66. The van der Waals surface area contributed by atoms with Gasteiger partial charge < -0.3 is 10.1 Å². The third kappa shape index (κ3) is 3.56. The maximum Gasteiger partial charge on any atom is 0.0612 e. The summed E-state index contributed by atoms with van der Waals surface area (Å²) >= 11 is 0. The van der Waals surface area contributed by atoms with Crippen LogP contribution >= 0.6 is 0 Å². The number of ether oxygens (including phenoxy) is 1. The van der Waals surface area contributed by atoms with Crippen LogP contribution in [0, 0.1) is 5.92 Å². The molecule has 100 valence electrons. The van der Waals surface area contributed by atoms with Gasteiger partial charge in [-0.15, -0.1) is 0 Å². The van der Waals surface area contributed by atoms with Crippen LogP contribution in [0.1, 0.15) is 45.2 Å². The van der Waals surface area contributed by atoms with Crippen LogP contribution in [0.3, 0.4) is 0 Å². The van der Waals surface area contributed by atoms with E-state index in [1.807, 2.05) is 0 Å². The summed E-state index contributed by atoms with van der Waals surface area (Å²) in [6.07, 6.45) is 2.68. The highest BCUT2D eigenvalue weighted by molar-refractivity contribution is 5.18. The summed E-state index contributed by atoms with van der Waals surface area (Å²) < 4.78 is 5.82. The molecule has 1 aliphatic heterocycles. The van der Waals surface area contributed by atoms with Gasteiger partial charge in [0.15, 0.2) is 0 Å². The highest BCUT2D eigenvalue weighted by Crippen LogP contribution is 2.22. The number of rotatable bonds is 4. The smallest absolute Gasteiger partial charge is 0.0612 e. The lowest BCUT2D eigenvalue weighted by Gasteiger charge is -2.34. The van der Waals surface area contributed by atoms with E-state index < -0.39 is 0 Å². The molecule has 0 spiro atoms. The molecule has 0 bridgehead atoms. The van der Waals surface area contributed by atoms with E-state index in [2.05, 4.69) is 56.4 Å². The van der Waals surface area contributed by atoms with Gasteiger partial charge in [-0.1, -0.05) is 44.2 Å². The van der Waals surface area contributed by atoms with Crippen molar-refractivity contribution in [1.29, 1.82) is 0 Å². The molecule has 1 aliphatic rings. The minimum Gasteiger partial charge on any atom is -0.378 e. The van der Waals surface area contributed by atoms with Gasteiger partial charge in [0.2, 0.25) is 0 Å². The molecule has 0 amide bonds. The zero-order valence-electron chi connectivity index (χ0n) is 11.7. The summed E-state index contributed by atoms with van der Waals surface area (Å²) in [5, 5.41) is 3.74. The van der Waals surface area contributed by atoms with E-state index in [-0.39, 0.29) is 0 Å². The van der Waals surface area contributed by atoms with Crippen molar-refractivity contribution in [3.05, 3.63) is 35.9 Å². The summed E-state index contributed by atoms with van der Waals surface area (Å²) in [5.74, 6) is 0.613. The standard InChI is InChI=1S/C16H25NO/c1-12(2)16-11-15(9-10-18-16)17-13(3)14-7-5-4-6-8-14/h4-8,12-13,15-17H,9-11H2,1-3H3/t13-,15?,16?/m0/s1. The van der Waals surface area contributed by atoms with Crippen molar-refractivity contribution in [2.45, 2.75) is 51.8 Å². The molecular formula is C16H25NO. The molecule has 0 aromatic heterocycles. The SMILES string of the molecule is CC(C)C1CC(N[C@@H](C)c2ccccc2)CCO1. The van der Waals surface area contributed by atoms with Crippen molar-refractivity contribution in [1.82, 2.24) is 5.32 Å². The van der Waals surface area contributed by atoms with Crippen molar-refractivity contribution in [3.63, 3.8) is 0 Å². The van der Waals surface area contributed by atoms with Gasteiger partial charge in [0, 0.05) is 18.7 Å². The van der Waals surface area contributed by atoms with E-state index in [9.17, 15) is 0 Å². The molecule has 0 aliphatic carbocycles. The van der Waals surface area contributed by atoms with Crippen LogP contribution < -0.4 is 5.32 Å². The lowest BCUT2D eigenvalue weighted by molar-refractivity contribution is -0.0256. The molecule has 1 fully saturated rings. The van der Waals surface area contributed by atoms with Crippen LogP contribution in [-0.2, 0) is 4.74 Å². The Morgan fingerprint density at radius 3 is 2.56 bits per heavy atom. The maximum atomic E-state index is 5.82. The Morgan fingerprint density at radius 1 is 1.17 bits per heavy atom. The van der Waals surface area contributed by atoms with Gasteiger partial charge in [-0.25, -0.2) is 0 Å². The van der Waals surface area contributed by atoms with Crippen molar-refractivity contribution in [2.75, 3.05) is 6.61 Å². The predicted octanol–water partition coefficient (Wildman–Crippen LogP) is 3.54. The van der Waals surface area contributed by atoms with Gasteiger partial charge in [0.05, 0.1) is 6.10 Å². The van der Waals surface area contributed by atoms with E-state index in [0.717, 1.165) is 19.4 Å². The number of benzene rings is 1. The topological polar surface area (TPSA) is 21.3 Å². The first-order valence-corrected chi connectivity index (χ1v) is 7.09. The average molecular weight is 247 g/mol. The maximum absolute atomic E-state index is 5.82. The molecule has 2 heteroatoms. The van der Waals surface area contributed by atoms with Gasteiger partial charge in [-0.2, -0.15) is 0 Å². The molecule has 0 saturated carbocycles. The Bertz CT molecular complexity index is 349. The molecule has 1 heterocycles. The molecule has 1 aromatic rings. The normalized spacial score (nSPS) is 26.2. The fourth-order valence-electron chi connectivity index (χ4n) is 2.64. The fraction of sp³-hybridized carbons (Fsp3) is 0.625. The van der Waals surface area contributed by atoms with E-state index in [1.165, 1.54) is 5.56 Å². The highest BCUT2D eigenvalue weighted by Gasteiger charge is 2.25. The molecule has 0 radical (unpaired) electrons. The van der Waals surface area contributed by atoms with Crippen LogP contribution in [0.15, 0.2) is 30.3 Å². The lowest BCUT2D eigenvalue weighted by atomic mass is 9.94. The molecular weight excluding hydrogens is 222 g/mol. The molecule has 2 nitrogen and oxygen atoms in total. The molecule has 3 atom stereocenters. The summed E-state index contributed by atoms with van der Waals surface area (Å²) in [7, 11) is 0. The zero-order valence-corrected chi connectivity index (χ0v) is 11.7. The second kappa shape index (κ2) is 6.35. The van der Waals surface area contributed by atoms with Crippen LogP contribution in [-0.4, -0.2) is 18.8 Å². The molecule has 1 aromatic carbocycles. The third-order valence-electron chi connectivity index (χ3n) is 3.84. The number of hydrogen-bond acceptors (Lipinski definition) is 2. The summed E-state index contributed by atoms with van der Waals surface area (Å²) in [5.41, 5.74) is 1.37. The van der Waals surface area contributed by atoms with Gasteiger partial charge in [-0.3, -0.25) is 0 Å². The van der Waals surface area contributed by atoms with Crippen LogP contribution in [0.5, 0.6) is 0 Å². The summed E-state index contributed by atoms with van der Waals surface area (Å²) in [6.45, 7) is 7.62. The molecule has 18 heavy (non-hydrogen) atoms. The zero-order chi connectivity index (χ0) is 13.0. The molecule has 1 saturated heterocycles. The van der Waals surface area contributed by atoms with E-state index in [1.54, 1.807) is 0 Å². The largest absolute Gasteiger partial charge is 0.378 e. The van der Waals surface area contributed by atoms with Gasteiger partial charge in [-0.05, 0) is 31.2 Å². The molecule has 2 unspecified atom stereocenters. The quantitative estimate of drug-likeness (QED) is 0.878. The Morgan fingerprint density at radius 2 is 1.89 bits per heavy atom. The fourth-order valence-corrected chi connectivity index (χ4v) is 2.64. The van der Waals surface area contributed by atoms with Crippen LogP contribution in [0.4, 0.5) is 0 Å². The number of hydrogen-bond donors (Lipinski definition) is 1. The monoisotopic (exact) mass is 247 g/mol. The predicted molar refractivity (Wildman–Crippen MR) is 75.6 cm³/mol. The first kappa shape index (κ1) is 13.6. The van der Waals surface area contributed by atoms with Crippen molar-refractivity contribution < 1.29 is 4.74 Å². The minimum atomic E-state index is 0.416. The lowest BCUT2D eigenvalue weighted by Crippen LogP contribution is -2.41. The Labute approximate surface area is 111 Å². The van der Waals surface area contributed by atoms with Gasteiger partial charge in [0.25, 0.3) is 0 Å². The number of nitrogens with one attached hydrogen (secondary N) is 1. The van der Waals surface area contributed by atoms with Crippen LogP contribution in [0.2, 0.25) is 0 Å². The average Bonchev–Trinajstić information content (AvgIpc) is 2.40. The van der Waals surface area contributed by atoms with E-state index in [0.29, 0.717) is 24.1 Å². The van der Waals surface area contributed by atoms with Crippen molar-refractivity contribution >= 4 is 0 Å². The van der Waals surface area contributed by atoms with Crippen molar-refractivity contribution in [2.24, 2.45) is 5.92 Å². The third-order valence-corrected chi connectivity index (χ3v) is 3.84. The second-order valence-electron chi connectivity index (χ2n) is 5.67. The Kier molecular flexibility index (Phi) is 4.79. The summed E-state index contributed by atoms with van der Waals surface area (Å²) in [6, 6.07) is 11.7. The van der Waals surface area contributed by atoms with E-state index >= 15 is 0 Å². The molecule has 2 rings (SSSR count). The van der Waals surface area contributed by atoms with Gasteiger partial charge in [0.1, 0.15) is 0 Å². The van der Waals surface area contributed by atoms with Crippen LogP contribution in [0.25, 0.3) is 0 Å². The summed E-state index contributed by atoms with van der Waals surface area (Å²) in [4.78, 5) is 0. The highest BCUT2D eigenvalue weighted by atomic mass is 16.5.